The Hall–Kier alpha value is -0.300. The van der Waals surface area contributed by atoms with Crippen molar-refractivity contribution in [2.45, 2.75) is 45.3 Å². The lowest BCUT2D eigenvalue weighted by Crippen LogP contribution is -2.30. The van der Waals surface area contributed by atoms with Crippen molar-refractivity contribution in [1.82, 2.24) is 0 Å². The summed E-state index contributed by atoms with van der Waals surface area (Å²) >= 11 is 0. The molecule has 1 heteroatoms. The fourth-order valence-electron chi connectivity index (χ4n) is 2.41. The Balaban J connectivity index is 2.06. The summed E-state index contributed by atoms with van der Waals surface area (Å²) in [4.78, 5) is 0. The largest absolute Gasteiger partial charge is 0.366 e. The molecule has 0 amide bonds. The highest BCUT2D eigenvalue weighted by molar-refractivity contribution is 5.12. The summed E-state index contributed by atoms with van der Waals surface area (Å²) in [5.41, 5.74) is 1.56. The highest BCUT2D eigenvalue weighted by Gasteiger charge is 2.59. The first-order chi connectivity index (χ1) is 5.54. The zero-order chi connectivity index (χ0) is 8.93. The van der Waals surface area contributed by atoms with Crippen LogP contribution in [-0.2, 0) is 4.74 Å². The van der Waals surface area contributed by atoms with E-state index in [-0.39, 0.29) is 5.60 Å². The van der Waals surface area contributed by atoms with E-state index in [0.717, 1.165) is 0 Å². The molecule has 0 bridgehead atoms. The minimum absolute atomic E-state index is 0.228. The Morgan fingerprint density at radius 1 is 1.50 bits per heavy atom. The molecule has 2 fully saturated rings. The SMILES string of the molecule is C=C(C)[C@@H]1CC(C)[C@]2(C)OC2C1. The van der Waals surface area contributed by atoms with Crippen molar-refractivity contribution in [2.75, 3.05) is 0 Å². The van der Waals surface area contributed by atoms with Gasteiger partial charge in [-0.15, -0.1) is 0 Å². The van der Waals surface area contributed by atoms with Gasteiger partial charge < -0.3 is 4.74 Å². The van der Waals surface area contributed by atoms with E-state index in [1.54, 1.807) is 0 Å². The molecule has 4 atom stereocenters. The van der Waals surface area contributed by atoms with Gasteiger partial charge in [0, 0.05) is 0 Å². The summed E-state index contributed by atoms with van der Waals surface area (Å²) < 4.78 is 5.72. The van der Waals surface area contributed by atoms with E-state index in [1.165, 1.54) is 18.4 Å². The zero-order valence-electron chi connectivity index (χ0n) is 8.26. The maximum Gasteiger partial charge on any atom is 0.0946 e. The molecule has 12 heavy (non-hydrogen) atoms. The molecule has 0 aromatic heterocycles. The van der Waals surface area contributed by atoms with E-state index in [9.17, 15) is 0 Å². The third kappa shape index (κ3) is 1.03. The molecule has 0 N–H and O–H groups in total. The van der Waals surface area contributed by atoms with Gasteiger partial charge in [0.2, 0.25) is 0 Å². The first-order valence-electron chi connectivity index (χ1n) is 4.87. The highest BCUT2D eigenvalue weighted by Crippen LogP contribution is 2.53. The number of ether oxygens (including phenoxy) is 1. The fourth-order valence-corrected chi connectivity index (χ4v) is 2.41. The third-order valence-corrected chi connectivity index (χ3v) is 3.79. The van der Waals surface area contributed by atoms with E-state index in [4.69, 9.17) is 4.74 Å². The molecule has 1 heterocycles. The average Bonchev–Trinajstić information content (AvgIpc) is 2.62. The van der Waals surface area contributed by atoms with Gasteiger partial charge in [-0.25, -0.2) is 0 Å². The van der Waals surface area contributed by atoms with Gasteiger partial charge in [0.05, 0.1) is 11.7 Å². The van der Waals surface area contributed by atoms with Crippen LogP contribution >= 0.6 is 0 Å². The van der Waals surface area contributed by atoms with Crippen molar-refractivity contribution >= 4 is 0 Å². The molecule has 1 saturated carbocycles. The molecule has 0 spiro atoms. The number of epoxide rings is 1. The molecule has 1 nitrogen and oxygen atoms in total. The first kappa shape index (κ1) is 8.31. The standard InChI is InChI=1S/C11H18O/c1-7(2)9-5-8(3)11(4)10(6-9)12-11/h8-10H,1,5-6H2,2-4H3/t8?,9-,10?,11+/m1/s1. The summed E-state index contributed by atoms with van der Waals surface area (Å²) in [7, 11) is 0. The number of fused-ring (bicyclic) bond motifs is 1. The molecule has 2 rings (SSSR count). The molecule has 2 aliphatic rings. The Labute approximate surface area is 74.8 Å². The van der Waals surface area contributed by atoms with Crippen LogP contribution in [0.3, 0.4) is 0 Å². The summed E-state index contributed by atoms with van der Waals surface area (Å²) in [5.74, 6) is 1.42. The van der Waals surface area contributed by atoms with Gasteiger partial charge in [-0.05, 0) is 38.5 Å². The van der Waals surface area contributed by atoms with Crippen LogP contribution in [0.15, 0.2) is 12.2 Å². The van der Waals surface area contributed by atoms with Gasteiger partial charge in [0.1, 0.15) is 0 Å². The van der Waals surface area contributed by atoms with Crippen molar-refractivity contribution in [3.05, 3.63) is 12.2 Å². The number of hydrogen-bond donors (Lipinski definition) is 0. The van der Waals surface area contributed by atoms with E-state index in [0.29, 0.717) is 17.9 Å². The first-order valence-corrected chi connectivity index (χ1v) is 4.87. The maximum atomic E-state index is 5.72. The number of allylic oxidation sites excluding steroid dienone is 1. The van der Waals surface area contributed by atoms with Crippen molar-refractivity contribution in [1.29, 1.82) is 0 Å². The molecule has 0 radical (unpaired) electrons. The smallest absolute Gasteiger partial charge is 0.0946 e. The van der Waals surface area contributed by atoms with Gasteiger partial charge in [0.15, 0.2) is 0 Å². The van der Waals surface area contributed by atoms with Crippen molar-refractivity contribution < 1.29 is 4.74 Å². The van der Waals surface area contributed by atoms with Crippen LogP contribution in [0.1, 0.15) is 33.6 Å². The molecular weight excluding hydrogens is 148 g/mol. The monoisotopic (exact) mass is 166 g/mol. The van der Waals surface area contributed by atoms with Crippen LogP contribution in [0.25, 0.3) is 0 Å². The highest BCUT2D eigenvalue weighted by atomic mass is 16.6. The quantitative estimate of drug-likeness (QED) is 0.431. The van der Waals surface area contributed by atoms with Crippen LogP contribution in [0.2, 0.25) is 0 Å². The van der Waals surface area contributed by atoms with E-state index < -0.39 is 0 Å². The van der Waals surface area contributed by atoms with Gasteiger partial charge in [-0.1, -0.05) is 19.1 Å². The molecule has 0 aromatic rings. The second kappa shape index (κ2) is 2.35. The van der Waals surface area contributed by atoms with Crippen LogP contribution in [0.4, 0.5) is 0 Å². The maximum absolute atomic E-state index is 5.72. The van der Waals surface area contributed by atoms with Gasteiger partial charge in [-0.3, -0.25) is 0 Å². The average molecular weight is 166 g/mol. The number of rotatable bonds is 1. The summed E-state index contributed by atoms with van der Waals surface area (Å²) in [5, 5.41) is 0. The van der Waals surface area contributed by atoms with Crippen molar-refractivity contribution in [3.8, 4) is 0 Å². The van der Waals surface area contributed by atoms with Crippen LogP contribution in [0.5, 0.6) is 0 Å². The third-order valence-electron chi connectivity index (χ3n) is 3.79. The van der Waals surface area contributed by atoms with E-state index in [1.807, 2.05) is 0 Å². The Morgan fingerprint density at radius 2 is 2.17 bits per heavy atom. The Kier molecular flexibility index (Phi) is 1.63. The van der Waals surface area contributed by atoms with Crippen LogP contribution in [0, 0.1) is 11.8 Å². The molecule has 1 aliphatic carbocycles. The van der Waals surface area contributed by atoms with Gasteiger partial charge in [0.25, 0.3) is 0 Å². The van der Waals surface area contributed by atoms with Gasteiger partial charge in [-0.2, -0.15) is 0 Å². The summed E-state index contributed by atoms with van der Waals surface area (Å²) in [6, 6.07) is 0. The van der Waals surface area contributed by atoms with E-state index >= 15 is 0 Å². The van der Waals surface area contributed by atoms with Crippen molar-refractivity contribution in [3.63, 3.8) is 0 Å². The lowest BCUT2D eigenvalue weighted by Gasteiger charge is -2.28. The van der Waals surface area contributed by atoms with Crippen LogP contribution < -0.4 is 0 Å². The predicted molar refractivity (Wildman–Crippen MR) is 50.0 cm³/mol. The molecule has 2 unspecified atom stereocenters. The minimum atomic E-state index is 0.228. The predicted octanol–water partition coefficient (Wildman–Crippen LogP) is 2.77. The topological polar surface area (TPSA) is 12.5 Å². The van der Waals surface area contributed by atoms with Gasteiger partial charge >= 0.3 is 0 Å². The minimum Gasteiger partial charge on any atom is -0.366 e. The molecule has 68 valence electrons. The van der Waals surface area contributed by atoms with Crippen LogP contribution in [-0.4, -0.2) is 11.7 Å². The van der Waals surface area contributed by atoms with Crippen molar-refractivity contribution in [2.24, 2.45) is 11.8 Å². The fraction of sp³-hybridized carbons (Fsp3) is 0.818. The zero-order valence-corrected chi connectivity index (χ0v) is 8.26. The molecule has 1 saturated heterocycles. The Bertz CT molecular complexity index is 221. The lowest BCUT2D eigenvalue weighted by molar-refractivity contribution is 0.231. The molecule has 1 aliphatic heterocycles. The number of hydrogen-bond acceptors (Lipinski definition) is 1. The van der Waals surface area contributed by atoms with E-state index in [2.05, 4.69) is 27.4 Å². The normalized spacial score (nSPS) is 51.4. The second-order valence-corrected chi connectivity index (χ2v) is 4.71. The molecule has 0 aromatic carbocycles. The Morgan fingerprint density at radius 3 is 2.67 bits per heavy atom. The summed E-state index contributed by atoms with van der Waals surface area (Å²) in [6.45, 7) is 10.7. The second-order valence-electron chi connectivity index (χ2n) is 4.71. The summed E-state index contributed by atoms with van der Waals surface area (Å²) in [6.07, 6.45) is 3.00. The lowest BCUT2D eigenvalue weighted by atomic mass is 9.74. The molecular formula is C11H18O.